The minimum Gasteiger partial charge on any atom is -0.373 e. The SMILES string of the molecule is CN/C(=N\C(=N/Cc1ccccc1)c1ccccc1)c1ccc(-c2cccc3c(-c4cc(-c5ccccn5)cc(-c5ccccn5)c4)cccc23)cc1. The third-order valence-corrected chi connectivity index (χ3v) is 9.30. The Morgan fingerprint density at radius 1 is 0.491 bits per heavy atom. The van der Waals surface area contributed by atoms with Crippen LogP contribution in [0.25, 0.3) is 55.5 Å². The van der Waals surface area contributed by atoms with Crippen molar-refractivity contribution in [2.24, 2.45) is 9.98 Å². The first kappa shape index (κ1) is 33.2. The molecule has 1 N–H and O–H groups in total. The summed E-state index contributed by atoms with van der Waals surface area (Å²) in [5.74, 6) is 1.44. The van der Waals surface area contributed by atoms with Crippen molar-refractivity contribution in [2.75, 3.05) is 7.05 Å². The Labute approximate surface area is 310 Å². The highest BCUT2D eigenvalue weighted by atomic mass is 15.0. The first-order valence-corrected chi connectivity index (χ1v) is 17.7. The second-order valence-corrected chi connectivity index (χ2v) is 12.7. The number of nitrogens with one attached hydrogen (secondary N) is 1. The van der Waals surface area contributed by atoms with Crippen LogP contribution in [0, 0.1) is 0 Å². The summed E-state index contributed by atoms with van der Waals surface area (Å²) in [6.45, 7) is 0.547. The van der Waals surface area contributed by atoms with Crippen LogP contribution in [0.5, 0.6) is 0 Å². The first-order valence-electron chi connectivity index (χ1n) is 17.7. The number of benzene rings is 6. The smallest absolute Gasteiger partial charge is 0.157 e. The van der Waals surface area contributed by atoms with Crippen LogP contribution in [-0.4, -0.2) is 28.7 Å². The van der Waals surface area contributed by atoms with Gasteiger partial charge >= 0.3 is 0 Å². The molecule has 0 bridgehead atoms. The predicted octanol–water partition coefficient (Wildman–Crippen LogP) is 10.9. The molecular formula is C48H37N5. The van der Waals surface area contributed by atoms with Crippen LogP contribution in [0.1, 0.15) is 16.7 Å². The Hall–Kier alpha value is -6.98. The maximum absolute atomic E-state index is 5.05. The maximum Gasteiger partial charge on any atom is 0.157 e. The van der Waals surface area contributed by atoms with Crippen molar-refractivity contribution < 1.29 is 0 Å². The van der Waals surface area contributed by atoms with E-state index in [0.717, 1.165) is 61.7 Å². The van der Waals surface area contributed by atoms with E-state index in [0.29, 0.717) is 12.4 Å². The molecule has 0 radical (unpaired) electrons. The summed E-state index contributed by atoms with van der Waals surface area (Å²) in [4.78, 5) is 19.3. The van der Waals surface area contributed by atoms with Crippen molar-refractivity contribution in [1.82, 2.24) is 15.3 Å². The number of nitrogens with zero attached hydrogens (tertiary/aromatic N) is 4. The lowest BCUT2D eigenvalue weighted by molar-refractivity contribution is 1.06. The number of fused-ring (bicyclic) bond motifs is 1. The minimum absolute atomic E-state index is 0.547. The Balaban J connectivity index is 1.16. The van der Waals surface area contributed by atoms with Gasteiger partial charge in [0, 0.05) is 41.7 Å². The number of pyridine rings is 2. The lowest BCUT2D eigenvalue weighted by Crippen LogP contribution is -2.21. The Morgan fingerprint density at radius 2 is 1.04 bits per heavy atom. The van der Waals surface area contributed by atoms with Crippen molar-refractivity contribution in [3.05, 3.63) is 205 Å². The Bertz CT molecular complexity index is 2470. The average Bonchev–Trinajstić information content (AvgIpc) is 3.24. The van der Waals surface area contributed by atoms with Crippen LogP contribution < -0.4 is 5.32 Å². The highest BCUT2D eigenvalue weighted by Crippen LogP contribution is 2.38. The highest BCUT2D eigenvalue weighted by molar-refractivity contribution is 6.12. The van der Waals surface area contributed by atoms with E-state index in [9.17, 15) is 0 Å². The summed E-state index contributed by atoms with van der Waals surface area (Å²) < 4.78 is 0. The molecule has 0 saturated heterocycles. The fourth-order valence-electron chi connectivity index (χ4n) is 6.67. The monoisotopic (exact) mass is 683 g/mol. The van der Waals surface area contributed by atoms with Gasteiger partial charge in [-0.2, -0.15) is 0 Å². The molecule has 5 heteroatoms. The van der Waals surface area contributed by atoms with E-state index < -0.39 is 0 Å². The zero-order valence-electron chi connectivity index (χ0n) is 29.4. The third-order valence-electron chi connectivity index (χ3n) is 9.30. The number of aliphatic imine (C=N–C) groups is 2. The third kappa shape index (κ3) is 7.41. The van der Waals surface area contributed by atoms with Crippen LogP contribution in [-0.2, 0) is 6.54 Å². The van der Waals surface area contributed by atoms with Gasteiger partial charge in [-0.3, -0.25) is 15.0 Å². The first-order chi connectivity index (χ1) is 26.2. The van der Waals surface area contributed by atoms with Crippen molar-refractivity contribution in [3.8, 4) is 44.8 Å². The number of amidine groups is 2. The summed E-state index contributed by atoms with van der Waals surface area (Å²) in [5.41, 5.74) is 11.6. The molecule has 5 nitrogen and oxygen atoms in total. The standard InChI is InChI=1S/C48H37N5/c1-49-47(53-48(36-16-6-3-7-17-36)52-33-34-14-4-2-5-15-34)37-26-24-35(25-27-37)41-18-12-21-44-42(19-13-20-43(41)44)38-30-39(45-22-8-10-28-50-45)32-40(31-38)46-23-9-11-29-51-46/h2-32H,33H2,1H3,(H,49,52,53). The lowest BCUT2D eigenvalue weighted by Gasteiger charge is -2.14. The molecule has 0 spiro atoms. The molecule has 8 rings (SSSR count). The van der Waals surface area contributed by atoms with Gasteiger partial charge in [0.25, 0.3) is 0 Å². The van der Waals surface area contributed by atoms with Gasteiger partial charge in [0.1, 0.15) is 5.84 Å². The number of aromatic nitrogens is 2. The van der Waals surface area contributed by atoms with Crippen LogP contribution in [0.4, 0.5) is 0 Å². The molecule has 0 saturated carbocycles. The molecule has 0 aliphatic carbocycles. The van der Waals surface area contributed by atoms with Gasteiger partial charge < -0.3 is 5.32 Å². The normalized spacial score (nSPS) is 11.8. The molecule has 2 heterocycles. The van der Waals surface area contributed by atoms with E-state index in [1.807, 2.05) is 92.2 Å². The molecule has 254 valence electrons. The molecule has 6 aromatic carbocycles. The van der Waals surface area contributed by atoms with Crippen LogP contribution in [0.3, 0.4) is 0 Å². The number of hydrogen-bond acceptors (Lipinski definition) is 3. The van der Waals surface area contributed by atoms with E-state index in [2.05, 4.69) is 118 Å². The van der Waals surface area contributed by atoms with E-state index in [4.69, 9.17) is 9.98 Å². The van der Waals surface area contributed by atoms with Crippen LogP contribution >= 0.6 is 0 Å². The van der Waals surface area contributed by atoms with Crippen molar-refractivity contribution in [2.45, 2.75) is 6.54 Å². The predicted molar refractivity (Wildman–Crippen MR) is 220 cm³/mol. The van der Waals surface area contributed by atoms with Gasteiger partial charge in [-0.25, -0.2) is 4.99 Å². The fraction of sp³-hybridized carbons (Fsp3) is 0.0417. The number of hydrogen-bond donors (Lipinski definition) is 1. The molecule has 2 aromatic heterocycles. The molecule has 0 amide bonds. The van der Waals surface area contributed by atoms with Crippen molar-refractivity contribution >= 4 is 22.4 Å². The second-order valence-electron chi connectivity index (χ2n) is 12.7. The molecule has 8 aromatic rings. The highest BCUT2D eigenvalue weighted by Gasteiger charge is 2.14. The molecule has 0 aliphatic heterocycles. The van der Waals surface area contributed by atoms with E-state index >= 15 is 0 Å². The van der Waals surface area contributed by atoms with Gasteiger partial charge in [0.05, 0.1) is 17.9 Å². The topological polar surface area (TPSA) is 62.5 Å². The van der Waals surface area contributed by atoms with E-state index in [1.54, 1.807) is 0 Å². The minimum atomic E-state index is 0.547. The quantitative estimate of drug-likeness (QED) is 0.128. The Kier molecular flexibility index (Phi) is 9.70. The average molecular weight is 684 g/mol. The summed E-state index contributed by atoms with van der Waals surface area (Å²) in [6, 6.07) is 60.8. The molecule has 0 aliphatic rings. The molecule has 0 atom stereocenters. The van der Waals surface area contributed by atoms with Crippen molar-refractivity contribution in [1.29, 1.82) is 0 Å². The molecule has 53 heavy (non-hydrogen) atoms. The van der Waals surface area contributed by atoms with Crippen LogP contribution in [0.15, 0.2) is 198 Å². The van der Waals surface area contributed by atoms with E-state index in [-0.39, 0.29) is 0 Å². The fourth-order valence-corrected chi connectivity index (χ4v) is 6.67. The zero-order valence-corrected chi connectivity index (χ0v) is 29.4. The molecule has 0 unspecified atom stereocenters. The van der Waals surface area contributed by atoms with Gasteiger partial charge in [0.15, 0.2) is 5.84 Å². The number of rotatable bonds is 8. The van der Waals surface area contributed by atoms with Gasteiger partial charge in [-0.05, 0) is 81.1 Å². The van der Waals surface area contributed by atoms with Gasteiger partial charge in [-0.1, -0.05) is 133 Å². The van der Waals surface area contributed by atoms with Gasteiger partial charge in [-0.15, -0.1) is 0 Å². The van der Waals surface area contributed by atoms with E-state index in [1.165, 1.54) is 16.3 Å². The molecular weight excluding hydrogens is 647 g/mol. The van der Waals surface area contributed by atoms with Gasteiger partial charge in [0.2, 0.25) is 0 Å². The Morgan fingerprint density at radius 3 is 1.60 bits per heavy atom. The summed E-state index contributed by atoms with van der Waals surface area (Å²) in [6.07, 6.45) is 3.68. The summed E-state index contributed by atoms with van der Waals surface area (Å²) >= 11 is 0. The summed E-state index contributed by atoms with van der Waals surface area (Å²) in [5, 5.41) is 5.69. The van der Waals surface area contributed by atoms with Crippen LogP contribution in [0.2, 0.25) is 0 Å². The second kappa shape index (κ2) is 15.5. The largest absolute Gasteiger partial charge is 0.373 e. The maximum atomic E-state index is 5.05. The zero-order chi connectivity index (χ0) is 35.8. The lowest BCUT2D eigenvalue weighted by atomic mass is 9.90. The van der Waals surface area contributed by atoms with Crippen molar-refractivity contribution in [3.63, 3.8) is 0 Å². The summed E-state index contributed by atoms with van der Waals surface area (Å²) in [7, 11) is 1.90. The molecule has 0 fully saturated rings.